The van der Waals surface area contributed by atoms with Crippen LogP contribution in [0.2, 0.25) is 5.02 Å². The smallest absolute Gasteiger partial charge is 0.138 e. The normalized spacial score (nSPS) is 10.9. The molecule has 0 saturated heterocycles. The van der Waals surface area contributed by atoms with Gasteiger partial charge >= 0.3 is 0 Å². The number of nitrogens with one attached hydrogen (secondary N) is 1. The van der Waals surface area contributed by atoms with Gasteiger partial charge < -0.3 is 10.1 Å². The highest BCUT2D eigenvalue weighted by Crippen LogP contribution is 2.22. The second-order valence-corrected chi connectivity index (χ2v) is 6.37. The zero-order valence-corrected chi connectivity index (χ0v) is 14.4. The van der Waals surface area contributed by atoms with Gasteiger partial charge in [0.1, 0.15) is 12.4 Å². The zero-order valence-electron chi connectivity index (χ0n) is 12.1. The summed E-state index contributed by atoms with van der Waals surface area (Å²) in [4.78, 5) is 4.37. The number of pyridine rings is 1. The van der Waals surface area contributed by atoms with Crippen LogP contribution >= 0.6 is 27.5 Å². The SMILES string of the molecule is CC(C)NCc1ccc(OCc2ccc(Br)cc2Cl)cn1. The molecule has 1 aromatic carbocycles. The molecule has 0 radical (unpaired) electrons. The molecule has 21 heavy (non-hydrogen) atoms. The summed E-state index contributed by atoms with van der Waals surface area (Å²) >= 11 is 9.54. The molecular weight excluding hydrogens is 352 g/mol. The van der Waals surface area contributed by atoms with Gasteiger partial charge in [-0.1, -0.05) is 47.4 Å². The summed E-state index contributed by atoms with van der Waals surface area (Å²) in [6, 6.07) is 10.1. The van der Waals surface area contributed by atoms with Crippen LogP contribution < -0.4 is 10.1 Å². The third-order valence-electron chi connectivity index (χ3n) is 2.90. The standard InChI is InChI=1S/C16H18BrClN2O/c1-11(2)19-8-14-5-6-15(9-20-14)21-10-12-3-4-13(17)7-16(12)18/h3-7,9,11,19H,8,10H2,1-2H3. The Balaban J connectivity index is 1.91. The van der Waals surface area contributed by atoms with Gasteiger partial charge in [-0.2, -0.15) is 0 Å². The molecule has 1 N–H and O–H groups in total. The molecule has 1 heterocycles. The van der Waals surface area contributed by atoms with Gasteiger partial charge in [-0.25, -0.2) is 0 Å². The van der Waals surface area contributed by atoms with E-state index in [4.69, 9.17) is 16.3 Å². The lowest BCUT2D eigenvalue weighted by atomic mass is 10.2. The number of hydrogen-bond donors (Lipinski definition) is 1. The van der Waals surface area contributed by atoms with Gasteiger partial charge in [-0.05, 0) is 24.3 Å². The number of halogens is 2. The van der Waals surface area contributed by atoms with Crippen LogP contribution in [0.4, 0.5) is 0 Å². The third kappa shape index (κ3) is 5.30. The topological polar surface area (TPSA) is 34.1 Å². The first-order valence-electron chi connectivity index (χ1n) is 6.79. The van der Waals surface area contributed by atoms with Crippen molar-refractivity contribution in [1.82, 2.24) is 10.3 Å². The van der Waals surface area contributed by atoms with E-state index in [0.717, 1.165) is 28.0 Å². The summed E-state index contributed by atoms with van der Waals surface area (Å²) in [7, 11) is 0. The minimum atomic E-state index is 0.428. The fourth-order valence-corrected chi connectivity index (χ4v) is 2.44. The molecule has 2 rings (SSSR count). The Bertz CT molecular complexity index is 587. The molecule has 0 spiro atoms. The lowest BCUT2D eigenvalue weighted by Gasteiger charge is -2.10. The molecule has 0 fully saturated rings. The molecule has 0 unspecified atom stereocenters. The van der Waals surface area contributed by atoms with E-state index in [1.165, 1.54) is 0 Å². The molecule has 2 aromatic rings. The Labute approximate surface area is 138 Å². The maximum absolute atomic E-state index is 6.16. The molecule has 0 aliphatic rings. The van der Waals surface area contributed by atoms with Crippen LogP contribution in [-0.2, 0) is 13.2 Å². The highest BCUT2D eigenvalue weighted by atomic mass is 79.9. The van der Waals surface area contributed by atoms with Crippen LogP contribution in [0.1, 0.15) is 25.1 Å². The molecule has 1 aromatic heterocycles. The van der Waals surface area contributed by atoms with Crippen LogP contribution in [0.5, 0.6) is 5.75 Å². The quantitative estimate of drug-likeness (QED) is 0.809. The van der Waals surface area contributed by atoms with Crippen molar-refractivity contribution in [3.63, 3.8) is 0 Å². The van der Waals surface area contributed by atoms with Crippen molar-refractivity contribution in [3.8, 4) is 5.75 Å². The zero-order chi connectivity index (χ0) is 15.2. The summed E-state index contributed by atoms with van der Waals surface area (Å²) in [5.74, 6) is 0.738. The number of ether oxygens (including phenoxy) is 1. The van der Waals surface area contributed by atoms with Crippen molar-refractivity contribution >= 4 is 27.5 Å². The number of rotatable bonds is 6. The molecule has 5 heteroatoms. The molecule has 0 atom stereocenters. The number of aromatic nitrogens is 1. The fraction of sp³-hybridized carbons (Fsp3) is 0.312. The van der Waals surface area contributed by atoms with Gasteiger partial charge in [-0.15, -0.1) is 0 Å². The summed E-state index contributed by atoms with van der Waals surface area (Å²) in [6.07, 6.45) is 1.74. The molecule has 0 aliphatic carbocycles. The van der Waals surface area contributed by atoms with Gasteiger partial charge in [0.15, 0.2) is 0 Å². The summed E-state index contributed by atoms with van der Waals surface area (Å²) in [6.45, 7) is 5.41. The van der Waals surface area contributed by atoms with Crippen LogP contribution in [-0.4, -0.2) is 11.0 Å². The first-order valence-corrected chi connectivity index (χ1v) is 7.96. The molecule has 3 nitrogen and oxygen atoms in total. The van der Waals surface area contributed by atoms with E-state index in [9.17, 15) is 0 Å². The second kappa shape index (κ2) is 7.78. The average Bonchev–Trinajstić information content (AvgIpc) is 2.45. The Morgan fingerprint density at radius 1 is 1.29 bits per heavy atom. The third-order valence-corrected chi connectivity index (χ3v) is 3.74. The van der Waals surface area contributed by atoms with Gasteiger partial charge in [-0.3, -0.25) is 4.98 Å². The van der Waals surface area contributed by atoms with Gasteiger partial charge in [0, 0.05) is 27.6 Å². The number of benzene rings is 1. The van der Waals surface area contributed by atoms with Crippen molar-refractivity contribution in [2.24, 2.45) is 0 Å². The average molecular weight is 370 g/mol. The molecule has 0 amide bonds. The van der Waals surface area contributed by atoms with E-state index in [0.29, 0.717) is 17.7 Å². The monoisotopic (exact) mass is 368 g/mol. The predicted octanol–water partition coefficient (Wildman–Crippen LogP) is 4.57. The van der Waals surface area contributed by atoms with Crippen LogP contribution in [0.3, 0.4) is 0 Å². The van der Waals surface area contributed by atoms with Crippen LogP contribution in [0.25, 0.3) is 0 Å². The van der Waals surface area contributed by atoms with E-state index in [2.05, 4.69) is 40.1 Å². The van der Waals surface area contributed by atoms with Crippen molar-refractivity contribution in [3.05, 3.63) is 57.3 Å². The second-order valence-electron chi connectivity index (χ2n) is 5.05. The highest BCUT2D eigenvalue weighted by molar-refractivity contribution is 9.10. The first kappa shape index (κ1) is 16.3. The molecular formula is C16H18BrClN2O. The fourth-order valence-electron chi connectivity index (χ4n) is 1.71. The van der Waals surface area contributed by atoms with E-state index in [1.807, 2.05) is 30.3 Å². The number of nitrogens with zero attached hydrogens (tertiary/aromatic N) is 1. The van der Waals surface area contributed by atoms with Crippen LogP contribution in [0.15, 0.2) is 41.0 Å². The van der Waals surface area contributed by atoms with Crippen LogP contribution in [0, 0.1) is 0 Å². The molecule has 0 aliphatic heterocycles. The molecule has 0 saturated carbocycles. The largest absolute Gasteiger partial charge is 0.487 e. The number of hydrogen-bond acceptors (Lipinski definition) is 3. The minimum Gasteiger partial charge on any atom is -0.487 e. The van der Waals surface area contributed by atoms with Gasteiger partial charge in [0.25, 0.3) is 0 Å². The van der Waals surface area contributed by atoms with Gasteiger partial charge in [0.2, 0.25) is 0 Å². The maximum atomic E-state index is 6.16. The van der Waals surface area contributed by atoms with Gasteiger partial charge in [0.05, 0.1) is 11.9 Å². The van der Waals surface area contributed by atoms with E-state index < -0.39 is 0 Å². The van der Waals surface area contributed by atoms with Crippen molar-refractivity contribution < 1.29 is 4.74 Å². The Hall–Kier alpha value is -1.10. The van der Waals surface area contributed by atoms with Crippen molar-refractivity contribution in [2.45, 2.75) is 33.0 Å². The highest BCUT2D eigenvalue weighted by Gasteiger charge is 2.03. The van der Waals surface area contributed by atoms with E-state index in [-0.39, 0.29) is 0 Å². The summed E-state index contributed by atoms with van der Waals surface area (Å²) in [5, 5.41) is 4.02. The lowest BCUT2D eigenvalue weighted by Crippen LogP contribution is -2.22. The Morgan fingerprint density at radius 3 is 2.71 bits per heavy atom. The summed E-state index contributed by atoms with van der Waals surface area (Å²) < 4.78 is 6.67. The van der Waals surface area contributed by atoms with Crippen molar-refractivity contribution in [1.29, 1.82) is 0 Å². The Kier molecular flexibility index (Phi) is 6.03. The molecule has 0 bridgehead atoms. The van der Waals surface area contributed by atoms with E-state index in [1.54, 1.807) is 6.20 Å². The minimum absolute atomic E-state index is 0.428. The predicted molar refractivity (Wildman–Crippen MR) is 89.7 cm³/mol. The van der Waals surface area contributed by atoms with E-state index >= 15 is 0 Å². The molecule has 112 valence electrons. The maximum Gasteiger partial charge on any atom is 0.138 e. The lowest BCUT2D eigenvalue weighted by molar-refractivity contribution is 0.305. The first-order chi connectivity index (χ1) is 10.0. The van der Waals surface area contributed by atoms with Crippen molar-refractivity contribution in [2.75, 3.05) is 0 Å². The Morgan fingerprint density at radius 2 is 2.10 bits per heavy atom. The summed E-state index contributed by atoms with van der Waals surface area (Å²) in [5.41, 5.74) is 1.95.